The monoisotopic (exact) mass is 227 g/mol. The summed E-state index contributed by atoms with van der Waals surface area (Å²) in [6.45, 7) is 3.99. The van der Waals surface area contributed by atoms with Gasteiger partial charge < -0.3 is 4.98 Å². The predicted molar refractivity (Wildman–Crippen MR) is 67.4 cm³/mol. The summed E-state index contributed by atoms with van der Waals surface area (Å²) >= 11 is 0. The van der Waals surface area contributed by atoms with Gasteiger partial charge in [-0.3, -0.25) is 4.79 Å². The molecule has 0 atom stereocenters. The molecule has 0 saturated carbocycles. The first-order chi connectivity index (χ1) is 8.19. The second-order valence-electron chi connectivity index (χ2n) is 4.24. The predicted octanol–water partition coefficient (Wildman–Crippen LogP) is 2.05. The van der Waals surface area contributed by atoms with Crippen LogP contribution in [0.5, 0.6) is 0 Å². The quantitative estimate of drug-likeness (QED) is 0.691. The molecule has 0 bridgehead atoms. The number of nitrogens with one attached hydrogen (secondary N) is 1. The molecule has 86 valence electrons. The molecule has 2 aromatic heterocycles. The van der Waals surface area contributed by atoms with Gasteiger partial charge in [0, 0.05) is 6.07 Å². The van der Waals surface area contributed by atoms with Crippen molar-refractivity contribution in [2.24, 2.45) is 0 Å². The summed E-state index contributed by atoms with van der Waals surface area (Å²) in [5.41, 5.74) is 3.60. The fourth-order valence-electron chi connectivity index (χ4n) is 2.13. The van der Waals surface area contributed by atoms with E-state index >= 15 is 0 Å². The average molecular weight is 227 g/mol. The van der Waals surface area contributed by atoms with Crippen LogP contribution in [0.3, 0.4) is 0 Å². The molecule has 0 amide bonds. The van der Waals surface area contributed by atoms with Crippen molar-refractivity contribution >= 4 is 16.6 Å². The second-order valence-corrected chi connectivity index (χ2v) is 4.24. The van der Waals surface area contributed by atoms with E-state index in [0.717, 1.165) is 28.8 Å². The first kappa shape index (κ1) is 10.1. The van der Waals surface area contributed by atoms with Crippen LogP contribution in [-0.2, 0) is 6.42 Å². The van der Waals surface area contributed by atoms with Crippen LogP contribution < -0.4 is 5.56 Å². The molecule has 3 aromatic rings. The molecule has 0 aliphatic carbocycles. The van der Waals surface area contributed by atoms with Gasteiger partial charge in [0.2, 0.25) is 0 Å². The van der Waals surface area contributed by atoms with Crippen LogP contribution in [0, 0.1) is 6.92 Å². The molecule has 0 spiro atoms. The molecule has 17 heavy (non-hydrogen) atoms. The van der Waals surface area contributed by atoms with Crippen molar-refractivity contribution in [1.82, 2.24) is 14.6 Å². The third-order valence-electron chi connectivity index (χ3n) is 3.02. The van der Waals surface area contributed by atoms with Gasteiger partial charge in [0.1, 0.15) is 5.65 Å². The van der Waals surface area contributed by atoms with Gasteiger partial charge >= 0.3 is 0 Å². The fourth-order valence-corrected chi connectivity index (χ4v) is 2.13. The zero-order chi connectivity index (χ0) is 12.0. The highest BCUT2D eigenvalue weighted by Gasteiger charge is 2.07. The number of H-pyrrole nitrogens is 1. The SMILES string of the molecule is CCc1ccc2c(c1)c(=O)[nH]c1cc(C)nn12. The minimum absolute atomic E-state index is 0.0531. The third-order valence-corrected chi connectivity index (χ3v) is 3.02. The van der Waals surface area contributed by atoms with Crippen LogP contribution in [0.2, 0.25) is 0 Å². The summed E-state index contributed by atoms with van der Waals surface area (Å²) < 4.78 is 1.78. The molecule has 0 unspecified atom stereocenters. The maximum atomic E-state index is 12.0. The topological polar surface area (TPSA) is 50.2 Å². The smallest absolute Gasteiger partial charge is 0.259 e. The Balaban J connectivity index is 2.53. The number of aryl methyl sites for hydroxylation is 2. The maximum absolute atomic E-state index is 12.0. The Bertz CT molecular complexity index is 767. The Morgan fingerprint density at radius 3 is 2.94 bits per heavy atom. The minimum Gasteiger partial charge on any atom is -0.306 e. The van der Waals surface area contributed by atoms with Crippen LogP contribution in [0.1, 0.15) is 18.2 Å². The minimum atomic E-state index is -0.0531. The zero-order valence-electron chi connectivity index (χ0n) is 9.82. The van der Waals surface area contributed by atoms with Crippen LogP contribution >= 0.6 is 0 Å². The Kier molecular flexibility index (Phi) is 2.04. The van der Waals surface area contributed by atoms with Crippen LogP contribution in [0.4, 0.5) is 0 Å². The lowest BCUT2D eigenvalue weighted by molar-refractivity contribution is 0.950. The van der Waals surface area contributed by atoms with Crippen LogP contribution in [-0.4, -0.2) is 14.6 Å². The van der Waals surface area contributed by atoms with Gasteiger partial charge in [-0.15, -0.1) is 0 Å². The standard InChI is InChI=1S/C13H13N3O/c1-3-9-4-5-11-10(7-9)13(17)14-12-6-8(2)15-16(11)12/h4-7H,3H2,1-2H3,(H,14,17). The lowest BCUT2D eigenvalue weighted by atomic mass is 10.1. The molecule has 4 nitrogen and oxygen atoms in total. The van der Waals surface area contributed by atoms with E-state index in [9.17, 15) is 4.79 Å². The van der Waals surface area contributed by atoms with E-state index in [1.165, 1.54) is 0 Å². The molecular weight excluding hydrogens is 214 g/mol. The van der Waals surface area contributed by atoms with Crippen molar-refractivity contribution in [3.63, 3.8) is 0 Å². The number of hydrogen-bond acceptors (Lipinski definition) is 2. The molecule has 2 heterocycles. The number of benzene rings is 1. The van der Waals surface area contributed by atoms with Crippen molar-refractivity contribution in [2.75, 3.05) is 0 Å². The van der Waals surface area contributed by atoms with E-state index in [1.54, 1.807) is 4.52 Å². The molecule has 0 fully saturated rings. The van der Waals surface area contributed by atoms with Gasteiger partial charge in [0.25, 0.3) is 5.56 Å². The highest BCUT2D eigenvalue weighted by atomic mass is 16.1. The summed E-state index contributed by atoms with van der Waals surface area (Å²) in [6.07, 6.45) is 0.922. The van der Waals surface area contributed by atoms with E-state index < -0.39 is 0 Å². The molecule has 0 saturated heterocycles. The summed E-state index contributed by atoms with van der Waals surface area (Å²) in [4.78, 5) is 14.8. The Labute approximate surface area is 97.9 Å². The zero-order valence-corrected chi connectivity index (χ0v) is 9.82. The number of aromatic amines is 1. The van der Waals surface area contributed by atoms with Gasteiger partial charge in [-0.25, -0.2) is 4.52 Å². The van der Waals surface area contributed by atoms with Crippen molar-refractivity contribution < 1.29 is 0 Å². The highest BCUT2D eigenvalue weighted by Crippen LogP contribution is 2.14. The molecule has 0 aliphatic heterocycles. The van der Waals surface area contributed by atoms with E-state index in [2.05, 4.69) is 17.0 Å². The highest BCUT2D eigenvalue weighted by molar-refractivity contribution is 5.80. The maximum Gasteiger partial charge on any atom is 0.259 e. The van der Waals surface area contributed by atoms with E-state index in [0.29, 0.717) is 5.39 Å². The molecular formula is C13H13N3O. The fraction of sp³-hybridized carbons (Fsp3) is 0.231. The Hall–Kier alpha value is -2.10. The molecule has 0 aliphatic rings. The van der Waals surface area contributed by atoms with Crippen LogP contribution in [0.25, 0.3) is 16.6 Å². The Morgan fingerprint density at radius 1 is 1.35 bits per heavy atom. The van der Waals surface area contributed by atoms with E-state index in [4.69, 9.17) is 0 Å². The first-order valence-electron chi connectivity index (χ1n) is 5.70. The largest absolute Gasteiger partial charge is 0.306 e. The second kappa shape index (κ2) is 3.45. The van der Waals surface area contributed by atoms with E-state index in [-0.39, 0.29) is 5.56 Å². The van der Waals surface area contributed by atoms with Crippen molar-refractivity contribution in [2.45, 2.75) is 20.3 Å². The van der Waals surface area contributed by atoms with Gasteiger partial charge in [0.15, 0.2) is 0 Å². The number of hydrogen-bond donors (Lipinski definition) is 1. The summed E-state index contributed by atoms with van der Waals surface area (Å²) in [7, 11) is 0. The first-order valence-corrected chi connectivity index (χ1v) is 5.70. The number of nitrogens with zero attached hydrogens (tertiary/aromatic N) is 2. The molecule has 3 rings (SSSR count). The van der Waals surface area contributed by atoms with Crippen molar-refractivity contribution in [3.8, 4) is 0 Å². The average Bonchev–Trinajstić information content (AvgIpc) is 2.69. The van der Waals surface area contributed by atoms with Crippen molar-refractivity contribution in [1.29, 1.82) is 0 Å². The molecule has 0 radical (unpaired) electrons. The Morgan fingerprint density at radius 2 is 2.18 bits per heavy atom. The number of fused-ring (bicyclic) bond motifs is 3. The number of rotatable bonds is 1. The number of aromatic nitrogens is 3. The lowest BCUT2D eigenvalue weighted by Crippen LogP contribution is -2.10. The molecule has 1 aromatic carbocycles. The summed E-state index contributed by atoms with van der Waals surface area (Å²) in [5.74, 6) is 0. The molecule has 4 heteroatoms. The normalized spacial score (nSPS) is 11.4. The van der Waals surface area contributed by atoms with Gasteiger partial charge in [-0.05, 0) is 31.0 Å². The summed E-state index contributed by atoms with van der Waals surface area (Å²) in [5, 5.41) is 5.08. The molecule has 1 N–H and O–H groups in total. The van der Waals surface area contributed by atoms with Crippen molar-refractivity contribution in [3.05, 3.63) is 45.9 Å². The van der Waals surface area contributed by atoms with Gasteiger partial charge in [0.05, 0.1) is 16.6 Å². The van der Waals surface area contributed by atoms with Crippen LogP contribution in [0.15, 0.2) is 29.1 Å². The lowest BCUT2D eigenvalue weighted by Gasteiger charge is -2.03. The van der Waals surface area contributed by atoms with Gasteiger partial charge in [-0.1, -0.05) is 13.0 Å². The summed E-state index contributed by atoms with van der Waals surface area (Å²) in [6, 6.07) is 7.81. The van der Waals surface area contributed by atoms with E-state index in [1.807, 2.05) is 31.2 Å². The third kappa shape index (κ3) is 1.45. The van der Waals surface area contributed by atoms with Gasteiger partial charge in [-0.2, -0.15) is 5.10 Å².